The van der Waals surface area contributed by atoms with Crippen LogP contribution in [0.3, 0.4) is 0 Å². The van der Waals surface area contributed by atoms with Crippen molar-refractivity contribution in [2.45, 2.75) is 36.2 Å². The highest BCUT2D eigenvalue weighted by Gasteiger charge is 2.41. The summed E-state index contributed by atoms with van der Waals surface area (Å²) >= 11 is 0. The third kappa shape index (κ3) is 3.54. The van der Waals surface area contributed by atoms with E-state index in [1.165, 1.54) is 28.3 Å². The van der Waals surface area contributed by atoms with Crippen molar-refractivity contribution in [2.75, 3.05) is 0 Å². The number of nitrogens with one attached hydrogen (secondary N) is 1. The molecule has 2 atom stereocenters. The number of hydrogen-bond acceptors (Lipinski definition) is 5. The quantitative estimate of drug-likeness (QED) is 0.661. The van der Waals surface area contributed by atoms with E-state index in [4.69, 9.17) is 15.9 Å². The fourth-order valence-electron chi connectivity index (χ4n) is 4.73. The summed E-state index contributed by atoms with van der Waals surface area (Å²) in [5.41, 5.74) is 15.0. The van der Waals surface area contributed by atoms with Crippen molar-refractivity contribution < 1.29 is 13.2 Å². The van der Waals surface area contributed by atoms with E-state index in [1.54, 1.807) is 12.1 Å². The summed E-state index contributed by atoms with van der Waals surface area (Å²) < 4.78 is 23.3. The number of hydrogen-bond donors (Lipinski definition) is 3. The molecule has 3 aliphatic rings. The van der Waals surface area contributed by atoms with Gasteiger partial charge in [0.05, 0.1) is 17.0 Å². The molecule has 1 aliphatic carbocycles. The summed E-state index contributed by atoms with van der Waals surface area (Å²) in [6.45, 7) is 0. The Morgan fingerprint density at radius 1 is 1.09 bits per heavy atom. The van der Waals surface area contributed by atoms with E-state index in [0.717, 1.165) is 35.2 Å². The Morgan fingerprint density at radius 2 is 1.81 bits per heavy atom. The highest BCUT2D eigenvalue weighted by Crippen LogP contribution is 2.46. The summed E-state index contributed by atoms with van der Waals surface area (Å²) in [4.78, 5) is 16.9. The maximum atomic E-state index is 12.1. The molecule has 2 aromatic rings. The lowest BCUT2D eigenvalue weighted by atomic mass is 9.82. The second-order valence-electron chi connectivity index (χ2n) is 8.13. The molecule has 0 radical (unpaired) electrons. The van der Waals surface area contributed by atoms with E-state index in [0.29, 0.717) is 6.42 Å². The smallest absolute Gasteiger partial charge is 0.333 e. The van der Waals surface area contributed by atoms with Gasteiger partial charge in [-0.3, -0.25) is 4.99 Å². The molecule has 2 heterocycles. The number of nitrogens with zero attached hydrogens (tertiary/aromatic N) is 2. The minimum absolute atomic E-state index is 0.0362. The predicted octanol–water partition coefficient (Wildman–Crippen LogP) is 2.31. The molecule has 5 N–H and O–H groups in total. The Morgan fingerprint density at radius 3 is 2.47 bits per heavy atom. The van der Waals surface area contributed by atoms with E-state index >= 15 is 0 Å². The Hall–Kier alpha value is -3.27. The molecule has 0 bridgehead atoms. The van der Waals surface area contributed by atoms with Crippen molar-refractivity contribution in [2.24, 2.45) is 15.9 Å². The van der Waals surface area contributed by atoms with Crippen LogP contribution in [0.2, 0.25) is 0 Å². The van der Waals surface area contributed by atoms with Gasteiger partial charge in [0.25, 0.3) is 0 Å². The molecule has 8 nitrogen and oxygen atoms in total. The lowest BCUT2D eigenvalue weighted by molar-refractivity contribution is 0.201. The van der Waals surface area contributed by atoms with Crippen LogP contribution in [-0.2, 0) is 16.4 Å². The van der Waals surface area contributed by atoms with Crippen LogP contribution in [0.4, 0.5) is 4.79 Å². The fourth-order valence-corrected chi connectivity index (χ4v) is 5.25. The van der Waals surface area contributed by atoms with Gasteiger partial charge in [-0.2, -0.15) is 0 Å². The minimum atomic E-state index is -3.79. The van der Waals surface area contributed by atoms with Crippen molar-refractivity contribution in [3.63, 3.8) is 0 Å². The van der Waals surface area contributed by atoms with Crippen LogP contribution in [0.5, 0.6) is 0 Å². The molecule has 0 saturated heterocycles. The van der Waals surface area contributed by atoms with Gasteiger partial charge in [-0.1, -0.05) is 42.5 Å². The zero-order valence-electron chi connectivity index (χ0n) is 17.2. The number of fused-ring (bicyclic) bond motifs is 1. The van der Waals surface area contributed by atoms with Crippen molar-refractivity contribution in [1.82, 2.24) is 10.4 Å². The van der Waals surface area contributed by atoms with Gasteiger partial charge in [0, 0.05) is 23.1 Å². The van der Waals surface area contributed by atoms with E-state index in [2.05, 4.69) is 17.6 Å². The topological polar surface area (TPSA) is 131 Å². The maximum Gasteiger partial charge on any atom is 0.333 e. The van der Waals surface area contributed by atoms with Gasteiger partial charge in [0.2, 0.25) is 10.0 Å². The number of amides is 2. The first-order valence-electron chi connectivity index (χ1n) is 10.3. The number of benzene rings is 2. The van der Waals surface area contributed by atoms with E-state index in [-0.39, 0.29) is 17.0 Å². The van der Waals surface area contributed by atoms with Gasteiger partial charge in [0.1, 0.15) is 0 Å². The van der Waals surface area contributed by atoms with Crippen LogP contribution in [-0.4, -0.2) is 31.7 Å². The van der Waals surface area contributed by atoms with Gasteiger partial charge < -0.3 is 5.73 Å². The second kappa shape index (κ2) is 7.70. The number of rotatable bonds is 4. The van der Waals surface area contributed by atoms with Crippen LogP contribution in [0.1, 0.15) is 30.0 Å². The molecular weight excluding hydrogens is 426 g/mol. The molecule has 0 aromatic heterocycles. The van der Waals surface area contributed by atoms with Gasteiger partial charge in [-0.05, 0) is 48.1 Å². The Kier molecular flexibility index (Phi) is 4.96. The molecule has 32 heavy (non-hydrogen) atoms. The largest absolute Gasteiger partial charge is 0.350 e. The molecule has 5 rings (SSSR count). The number of primary sulfonamides is 1. The van der Waals surface area contributed by atoms with E-state index in [9.17, 15) is 13.2 Å². The number of allylic oxidation sites excluding steroid dienone is 1. The number of urea groups is 1. The first-order valence-corrected chi connectivity index (χ1v) is 11.9. The molecule has 2 amide bonds. The average molecular weight is 450 g/mol. The van der Waals surface area contributed by atoms with Crippen molar-refractivity contribution >= 4 is 22.3 Å². The standard InChI is InChI=1S/C23H23N5O3S/c24-23(29)28-20-11-10-17-18(13-26-19(17)12-14-4-2-1-3-5-14)21(20)22(27-28)15-6-8-16(9-7-15)32(25,30)31/h1-9,13,19,22,27H,10-12H2,(H2,24,29)(H2,25,30,31). The van der Waals surface area contributed by atoms with Gasteiger partial charge in [-0.25, -0.2) is 28.8 Å². The average Bonchev–Trinajstić information content (AvgIpc) is 3.35. The number of primary amides is 1. The van der Waals surface area contributed by atoms with Crippen LogP contribution in [0.15, 0.2) is 86.9 Å². The van der Waals surface area contributed by atoms with Crippen molar-refractivity contribution in [3.05, 3.63) is 88.1 Å². The number of carbonyl (C=O) groups excluding carboxylic acids is 1. The highest BCUT2D eigenvalue weighted by molar-refractivity contribution is 7.89. The van der Waals surface area contributed by atoms with Crippen molar-refractivity contribution in [3.8, 4) is 0 Å². The number of carbonyl (C=O) groups is 1. The Bertz CT molecular complexity index is 1280. The van der Waals surface area contributed by atoms with Crippen LogP contribution in [0, 0.1) is 0 Å². The first-order chi connectivity index (χ1) is 15.3. The van der Waals surface area contributed by atoms with E-state index < -0.39 is 16.1 Å². The molecule has 2 aliphatic heterocycles. The van der Waals surface area contributed by atoms with Crippen LogP contribution < -0.4 is 16.3 Å². The molecule has 0 saturated carbocycles. The van der Waals surface area contributed by atoms with E-state index in [1.807, 2.05) is 24.4 Å². The second-order valence-corrected chi connectivity index (χ2v) is 9.69. The maximum absolute atomic E-state index is 12.1. The lowest BCUT2D eigenvalue weighted by Crippen LogP contribution is -2.42. The zero-order valence-corrected chi connectivity index (χ0v) is 18.0. The highest BCUT2D eigenvalue weighted by atomic mass is 32.2. The number of hydrazine groups is 1. The first kappa shape index (κ1) is 20.6. The van der Waals surface area contributed by atoms with Crippen molar-refractivity contribution in [1.29, 1.82) is 0 Å². The molecule has 2 aromatic carbocycles. The summed E-state index contributed by atoms with van der Waals surface area (Å²) in [5, 5.41) is 6.63. The molecular formula is C23H23N5O3S. The monoisotopic (exact) mass is 449 g/mol. The molecule has 2 unspecified atom stereocenters. The Balaban J connectivity index is 1.52. The zero-order chi connectivity index (χ0) is 22.5. The summed E-state index contributed by atoms with van der Waals surface area (Å²) in [5.74, 6) is 0. The Labute approximate surface area is 186 Å². The summed E-state index contributed by atoms with van der Waals surface area (Å²) in [6.07, 6.45) is 4.19. The molecule has 0 fully saturated rings. The third-order valence-electron chi connectivity index (χ3n) is 6.22. The fraction of sp³-hybridized carbons (Fsp3) is 0.217. The summed E-state index contributed by atoms with van der Waals surface area (Å²) in [6, 6.07) is 15.7. The number of sulfonamides is 1. The number of nitrogens with two attached hydrogens (primary N) is 2. The van der Waals surface area contributed by atoms with Crippen LogP contribution >= 0.6 is 0 Å². The van der Waals surface area contributed by atoms with Crippen LogP contribution in [0.25, 0.3) is 0 Å². The van der Waals surface area contributed by atoms with Gasteiger partial charge >= 0.3 is 6.03 Å². The predicted molar refractivity (Wildman–Crippen MR) is 121 cm³/mol. The van der Waals surface area contributed by atoms with Gasteiger partial charge in [0.15, 0.2) is 0 Å². The lowest BCUT2D eigenvalue weighted by Gasteiger charge is -2.23. The summed E-state index contributed by atoms with van der Waals surface area (Å²) in [7, 11) is -3.79. The SMILES string of the molecule is NC(=O)N1NC(c2ccc(S(N)(=O)=O)cc2)C2=C1CCC1=C2C=NC1Cc1ccccc1. The molecule has 0 spiro atoms. The molecule has 9 heteroatoms. The minimum Gasteiger partial charge on any atom is -0.350 e. The van der Waals surface area contributed by atoms with Gasteiger partial charge in [-0.15, -0.1) is 0 Å². The normalized spacial score (nSPS) is 22.3. The number of aliphatic imine (C=N–C) groups is 1. The molecule has 164 valence electrons. The third-order valence-corrected chi connectivity index (χ3v) is 7.14.